The van der Waals surface area contributed by atoms with Gasteiger partial charge in [-0.1, -0.05) is 55.8 Å². The van der Waals surface area contributed by atoms with Crippen LogP contribution in [0.5, 0.6) is 0 Å². The van der Waals surface area contributed by atoms with Gasteiger partial charge in [-0.25, -0.2) is 0 Å². The predicted molar refractivity (Wildman–Crippen MR) is 85.4 cm³/mol. The number of fused-ring (bicyclic) bond motifs is 1. The molecule has 4 heteroatoms. The number of hydrogen-bond donors (Lipinski definition) is 0. The van der Waals surface area contributed by atoms with Crippen molar-refractivity contribution < 1.29 is 14.3 Å². The highest BCUT2D eigenvalue weighted by atomic mass is 16.6. The molecular formula is C17H27NO3. The topological polar surface area (TPSA) is 40.0 Å². The van der Waals surface area contributed by atoms with E-state index < -0.39 is 0 Å². The van der Waals surface area contributed by atoms with E-state index >= 15 is 0 Å². The van der Waals surface area contributed by atoms with Crippen LogP contribution in [0, 0.1) is 5.92 Å². The maximum atomic E-state index is 5.17. The zero-order valence-corrected chi connectivity index (χ0v) is 13.4. The van der Waals surface area contributed by atoms with Crippen molar-refractivity contribution in [3.05, 3.63) is 35.9 Å². The SMILES string of the molecule is C1C[C@H]2CON=C2CO1.CCC.COCc1ccccc1. The molecule has 1 saturated heterocycles. The van der Waals surface area contributed by atoms with E-state index in [4.69, 9.17) is 14.3 Å². The van der Waals surface area contributed by atoms with Gasteiger partial charge in [-0.3, -0.25) is 0 Å². The smallest absolute Gasteiger partial charge is 0.125 e. The van der Waals surface area contributed by atoms with Gasteiger partial charge in [0.05, 0.1) is 18.9 Å². The van der Waals surface area contributed by atoms with Crippen LogP contribution in [0.15, 0.2) is 35.5 Å². The molecule has 1 aromatic rings. The van der Waals surface area contributed by atoms with Gasteiger partial charge in [-0.2, -0.15) is 0 Å². The molecule has 0 aliphatic carbocycles. The van der Waals surface area contributed by atoms with Gasteiger partial charge >= 0.3 is 0 Å². The highest BCUT2D eigenvalue weighted by Crippen LogP contribution is 2.18. The van der Waals surface area contributed by atoms with Crippen LogP contribution < -0.4 is 0 Å². The minimum atomic E-state index is 0.568. The third kappa shape index (κ3) is 7.25. The molecule has 1 aromatic carbocycles. The summed E-state index contributed by atoms with van der Waals surface area (Å²) in [6.45, 7) is 7.29. The van der Waals surface area contributed by atoms with Gasteiger partial charge in [-0.05, 0) is 12.0 Å². The quantitative estimate of drug-likeness (QED) is 0.835. The van der Waals surface area contributed by atoms with Crippen LogP contribution in [0.25, 0.3) is 0 Å². The lowest BCUT2D eigenvalue weighted by atomic mass is 10.0. The first-order valence-corrected chi connectivity index (χ1v) is 7.61. The number of hydrogen-bond acceptors (Lipinski definition) is 4. The van der Waals surface area contributed by atoms with Crippen molar-refractivity contribution in [3.8, 4) is 0 Å². The lowest BCUT2D eigenvalue weighted by Crippen LogP contribution is -2.26. The Kier molecular flexibility index (Phi) is 9.49. The van der Waals surface area contributed by atoms with Crippen molar-refractivity contribution in [1.82, 2.24) is 0 Å². The van der Waals surface area contributed by atoms with E-state index in [9.17, 15) is 0 Å². The highest BCUT2D eigenvalue weighted by Gasteiger charge is 2.26. The molecule has 4 nitrogen and oxygen atoms in total. The summed E-state index contributed by atoms with van der Waals surface area (Å²) in [5.41, 5.74) is 2.32. The van der Waals surface area contributed by atoms with Crippen molar-refractivity contribution in [2.45, 2.75) is 33.3 Å². The van der Waals surface area contributed by atoms with Crippen LogP contribution in [0.2, 0.25) is 0 Å². The van der Waals surface area contributed by atoms with Crippen molar-refractivity contribution >= 4 is 5.71 Å². The first-order valence-electron chi connectivity index (χ1n) is 7.61. The molecular weight excluding hydrogens is 266 g/mol. The van der Waals surface area contributed by atoms with Crippen LogP contribution in [0.3, 0.4) is 0 Å². The lowest BCUT2D eigenvalue weighted by molar-refractivity contribution is 0.120. The summed E-state index contributed by atoms with van der Waals surface area (Å²) in [5, 5.41) is 3.85. The summed E-state index contributed by atoms with van der Waals surface area (Å²) < 4.78 is 10.1. The fourth-order valence-electron chi connectivity index (χ4n) is 1.92. The fourth-order valence-corrected chi connectivity index (χ4v) is 1.92. The van der Waals surface area contributed by atoms with Gasteiger partial charge in [-0.15, -0.1) is 0 Å². The van der Waals surface area contributed by atoms with Crippen LogP contribution in [-0.4, -0.2) is 32.6 Å². The standard InChI is InChI=1S/C8H10O.C6H9NO2.C3H8/c1-9-7-8-5-3-2-4-6-8;1-2-8-4-6-5(1)3-9-7-6;1-3-2/h2-6H,7H2,1H3;5H,1-4H2;3H2,1-2H3/t;5-;/m.0./s1. The molecule has 21 heavy (non-hydrogen) atoms. The van der Waals surface area contributed by atoms with E-state index in [1.165, 1.54) is 12.0 Å². The number of benzene rings is 1. The molecule has 2 heterocycles. The van der Waals surface area contributed by atoms with Crippen LogP contribution in [0.1, 0.15) is 32.3 Å². The Morgan fingerprint density at radius 1 is 1.24 bits per heavy atom. The Balaban J connectivity index is 0.000000178. The summed E-state index contributed by atoms with van der Waals surface area (Å²) in [6, 6.07) is 10.1. The monoisotopic (exact) mass is 293 g/mol. The second-order valence-corrected chi connectivity index (χ2v) is 5.04. The second-order valence-electron chi connectivity index (χ2n) is 5.04. The van der Waals surface area contributed by atoms with E-state index in [1.54, 1.807) is 7.11 Å². The zero-order chi connectivity index (χ0) is 15.3. The maximum Gasteiger partial charge on any atom is 0.125 e. The van der Waals surface area contributed by atoms with Crippen LogP contribution in [0.4, 0.5) is 0 Å². The maximum absolute atomic E-state index is 5.17. The molecule has 3 rings (SSSR count). The number of methoxy groups -OCH3 is 1. The Bertz CT molecular complexity index is 392. The summed E-state index contributed by atoms with van der Waals surface area (Å²) in [4.78, 5) is 4.90. The fraction of sp³-hybridized carbons (Fsp3) is 0.588. The van der Waals surface area contributed by atoms with Crippen LogP contribution in [-0.2, 0) is 20.9 Å². The first kappa shape index (κ1) is 17.7. The molecule has 0 N–H and O–H groups in total. The third-order valence-corrected chi connectivity index (χ3v) is 2.94. The molecule has 1 fully saturated rings. The third-order valence-electron chi connectivity index (χ3n) is 2.94. The van der Waals surface area contributed by atoms with Gasteiger partial charge in [0.15, 0.2) is 0 Å². The second kappa shape index (κ2) is 11.3. The summed E-state index contributed by atoms with van der Waals surface area (Å²) in [5.74, 6) is 0.568. The first-order chi connectivity index (χ1) is 10.3. The molecule has 118 valence electrons. The van der Waals surface area contributed by atoms with E-state index in [0.717, 1.165) is 25.3 Å². The van der Waals surface area contributed by atoms with E-state index in [-0.39, 0.29) is 0 Å². The molecule has 0 amide bonds. The van der Waals surface area contributed by atoms with Gasteiger partial charge in [0.25, 0.3) is 0 Å². The molecule has 0 bridgehead atoms. The number of nitrogens with zero attached hydrogens (tertiary/aromatic N) is 1. The lowest BCUT2D eigenvalue weighted by Gasteiger charge is -2.15. The molecule has 0 radical (unpaired) electrons. The number of rotatable bonds is 2. The van der Waals surface area contributed by atoms with Gasteiger partial charge in [0.1, 0.15) is 6.61 Å². The van der Waals surface area contributed by atoms with E-state index in [2.05, 4.69) is 19.0 Å². The van der Waals surface area contributed by atoms with Crippen molar-refractivity contribution in [3.63, 3.8) is 0 Å². The molecule has 0 unspecified atom stereocenters. The molecule has 2 aliphatic heterocycles. The molecule has 0 saturated carbocycles. The Hall–Kier alpha value is -1.39. The largest absolute Gasteiger partial charge is 0.395 e. The molecule has 2 aliphatic rings. The number of ether oxygens (including phenoxy) is 2. The van der Waals surface area contributed by atoms with Crippen molar-refractivity contribution in [2.24, 2.45) is 11.1 Å². The van der Waals surface area contributed by atoms with Crippen LogP contribution >= 0.6 is 0 Å². The normalized spacial score (nSPS) is 19.0. The summed E-state index contributed by atoms with van der Waals surface area (Å²) in [6.07, 6.45) is 2.33. The Morgan fingerprint density at radius 3 is 2.57 bits per heavy atom. The zero-order valence-electron chi connectivity index (χ0n) is 13.4. The predicted octanol–water partition coefficient (Wildman–Crippen LogP) is 3.66. The van der Waals surface area contributed by atoms with Crippen molar-refractivity contribution in [2.75, 3.05) is 26.9 Å². The summed E-state index contributed by atoms with van der Waals surface area (Å²) >= 11 is 0. The van der Waals surface area contributed by atoms with Crippen molar-refractivity contribution in [1.29, 1.82) is 0 Å². The number of oxime groups is 1. The molecule has 0 spiro atoms. The highest BCUT2D eigenvalue weighted by molar-refractivity contribution is 5.89. The Labute approximate surface area is 128 Å². The Morgan fingerprint density at radius 2 is 1.95 bits per heavy atom. The van der Waals surface area contributed by atoms with E-state index in [0.29, 0.717) is 19.1 Å². The van der Waals surface area contributed by atoms with E-state index in [1.807, 2.05) is 30.3 Å². The van der Waals surface area contributed by atoms with Gasteiger partial charge in [0.2, 0.25) is 0 Å². The molecule has 0 aromatic heterocycles. The van der Waals surface area contributed by atoms with Gasteiger partial charge in [0, 0.05) is 19.6 Å². The molecule has 1 atom stereocenters. The average Bonchev–Trinajstić information content (AvgIpc) is 2.99. The summed E-state index contributed by atoms with van der Waals surface area (Å²) in [7, 11) is 1.70. The van der Waals surface area contributed by atoms with Gasteiger partial charge < -0.3 is 14.3 Å². The minimum Gasteiger partial charge on any atom is -0.395 e. The average molecular weight is 293 g/mol. The minimum absolute atomic E-state index is 0.568.